The molecular formula is C16H27N3O2. The summed E-state index contributed by atoms with van der Waals surface area (Å²) in [6.07, 6.45) is 0.466. The van der Waals surface area contributed by atoms with E-state index in [0.29, 0.717) is 18.7 Å². The Morgan fingerprint density at radius 2 is 2.10 bits per heavy atom. The number of hydrogen-bond donors (Lipinski definition) is 2. The van der Waals surface area contributed by atoms with Crippen LogP contribution in [-0.2, 0) is 9.53 Å². The zero-order chi connectivity index (χ0) is 15.7. The SMILES string of the molecule is CCOCCN(CC)CCC(=O)Nc1cccc(N)c1C. The molecule has 0 aliphatic carbocycles. The fourth-order valence-electron chi connectivity index (χ4n) is 2.03. The van der Waals surface area contributed by atoms with Crippen LogP contribution in [0.25, 0.3) is 0 Å². The number of nitrogens with zero attached hydrogens (tertiary/aromatic N) is 1. The van der Waals surface area contributed by atoms with Crippen molar-refractivity contribution in [1.82, 2.24) is 4.90 Å². The Balaban J connectivity index is 2.40. The number of anilines is 2. The minimum absolute atomic E-state index is 0.0126. The van der Waals surface area contributed by atoms with Gasteiger partial charge in [-0.3, -0.25) is 4.79 Å². The molecule has 0 unspecified atom stereocenters. The number of carbonyl (C=O) groups excluding carboxylic acids is 1. The maximum atomic E-state index is 12.0. The first-order valence-corrected chi connectivity index (χ1v) is 7.53. The van der Waals surface area contributed by atoms with Gasteiger partial charge in [0.1, 0.15) is 0 Å². The lowest BCUT2D eigenvalue weighted by atomic mass is 10.1. The van der Waals surface area contributed by atoms with Crippen LogP contribution in [0.5, 0.6) is 0 Å². The number of nitrogens with two attached hydrogens (primary N) is 1. The van der Waals surface area contributed by atoms with Crippen molar-refractivity contribution >= 4 is 17.3 Å². The molecule has 0 aliphatic rings. The normalized spacial score (nSPS) is 10.9. The summed E-state index contributed by atoms with van der Waals surface area (Å²) in [6.45, 7) is 9.92. The number of amides is 1. The van der Waals surface area contributed by atoms with Crippen LogP contribution >= 0.6 is 0 Å². The van der Waals surface area contributed by atoms with Gasteiger partial charge in [-0.15, -0.1) is 0 Å². The van der Waals surface area contributed by atoms with Crippen molar-refractivity contribution in [2.24, 2.45) is 0 Å². The highest BCUT2D eigenvalue weighted by Crippen LogP contribution is 2.20. The predicted molar refractivity (Wildman–Crippen MR) is 87.4 cm³/mol. The molecule has 0 bridgehead atoms. The monoisotopic (exact) mass is 293 g/mol. The van der Waals surface area contributed by atoms with Crippen LogP contribution in [0.1, 0.15) is 25.8 Å². The van der Waals surface area contributed by atoms with E-state index in [4.69, 9.17) is 10.5 Å². The van der Waals surface area contributed by atoms with E-state index in [1.165, 1.54) is 0 Å². The fourth-order valence-corrected chi connectivity index (χ4v) is 2.03. The summed E-state index contributed by atoms with van der Waals surface area (Å²) in [6, 6.07) is 5.55. The van der Waals surface area contributed by atoms with E-state index in [2.05, 4.69) is 17.1 Å². The van der Waals surface area contributed by atoms with E-state index >= 15 is 0 Å². The molecule has 0 heterocycles. The summed E-state index contributed by atoms with van der Waals surface area (Å²) in [7, 11) is 0. The highest BCUT2D eigenvalue weighted by atomic mass is 16.5. The number of rotatable bonds is 9. The molecule has 5 heteroatoms. The first-order chi connectivity index (χ1) is 10.1. The minimum Gasteiger partial charge on any atom is -0.398 e. The van der Waals surface area contributed by atoms with Gasteiger partial charge >= 0.3 is 0 Å². The lowest BCUT2D eigenvalue weighted by Gasteiger charge is -2.20. The highest BCUT2D eigenvalue weighted by molar-refractivity contribution is 5.92. The molecule has 1 rings (SSSR count). The number of nitrogens with one attached hydrogen (secondary N) is 1. The van der Waals surface area contributed by atoms with Crippen molar-refractivity contribution in [2.45, 2.75) is 27.2 Å². The average Bonchev–Trinajstić information content (AvgIpc) is 2.47. The Labute approximate surface area is 127 Å². The van der Waals surface area contributed by atoms with E-state index in [-0.39, 0.29) is 5.91 Å². The number of nitrogen functional groups attached to an aromatic ring is 1. The molecule has 0 atom stereocenters. The fraction of sp³-hybridized carbons (Fsp3) is 0.562. The molecule has 0 spiro atoms. The molecule has 0 aliphatic heterocycles. The van der Waals surface area contributed by atoms with Gasteiger partial charge < -0.3 is 20.7 Å². The minimum atomic E-state index is 0.0126. The summed E-state index contributed by atoms with van der Waals surface area (Å²) in [5.41, 5.74) is 8.23. The third-order valence-electron chi connectivity index (χ3n) is 3.51. The van der Waals surface area contributed by atoms with Crippen molar-refractivity contribution in [3.05, 3.63) is 23.8 Å². The van der Waals surface area contributed by atoms with Gasteiger partial charge in [0.05, 0.1) is 6.61 Å². The van der Waals surface area contributed by atoms with Crippen molar-refractivity contribution in [1.29, 1.82) is 0 Å². The summed E-state index contributed by atoms with van der Waals surface area (Å²) in [5.74, 6) is 0.0126. The first kappa shape index (κ1) is 17.5. The number of carbonyl (C=O) groups is 1. The molecule has 1 amide bonds. The summed E-state index contributed by atoms with van der Waals surface area (Å²) < 4.78 is 5.34. The molecule has 0 saturated heterocycles. The lowest BCUT2D eigenvalue weighted by molar-refractivity contribution is -0.116. The predicted octanol–water partition coefficient (Wildman–Crippen LogP) is 2.26. The van der Waals surface area contributed by atoms with Crippen molar-refractivity contribution in [2.75, 3.05) is 43.9 Å². The molecule has 1 aromatic carbocycles. The highest BCUT2D eigenvalue weighted by Gasteiger charge is 2.09. The number of hydrogen-bond acceptors (Lipinski definition) is 4. The third-order valence-corrected chi connectivity index (χ3v) is 3.51. The van der Waals surface area contributed by atoms with Crippen LogP contribution in [0.4, 0.5) is 11.4 Å². The Morgan fingerprint density at radius 1 is 1.33 bits per heavy atom. The van der Waals surface area contributed by atoms with Gasteiger partial charge in [-0.25, -0.2) is 0 Å². The van der Waals surface area contributed by atoms with Gasteiger partial charge in [-0.2, -0.15) is 0 Å². The van der Waals surface area contributed by atoms with Crippen LogP contribution < -0.4 is 11.1 Å². The molecule has 3 N–H and O–H groups in total. The van der Waals surface area contributed by atoms with Crippen LogP contribution in [0.2, 0.25) is 0 Å². The van der Waals surface area contributed by atoms with Gasteiger partial charge in [0, 0.05) is 37.5 Å². The molecule has 0 saturated carbocycles. The summed E-state index contributed by atoms with van der Waals surface area (Å²) in [5, 5.41) is 2.92. The smallest absolute Gasteiger partial charge is 0.225 e. The Morgan fingerprint density at radius 3 is 2.76 bits per heavy atom. The quantitative estimate of drug-likeness (QED) is 0.541. The van der Waals surface area contributed by atoms with Crippen LogP contribution in [-0.4, -0.2) is 43.7 Å². The maximum Gasteiger partial charge on any atom is 0.225 e. The molecule has 1 aromatic rings. The molecule has 0 aromatic heterocycles. The van der Waals surface area contributed by atoms with E-state index in [1.54, 1.807) is 0 Å². The van der Waals surface area contributed by atoms with E-state index in [1.807, 2.05) is 32.0 Å². The zero-order valence-corrected chi connectivity index (χ0v) is 13.3. The van der Waals surface area contributed by atoms with Crippen molar-refractivity contribution in [3.8, 4) is 0 Å². The van der Waals surface area contributed by atoms with Gasteiger partial charge in [0.15, 0.2) is 0 Å². The molecule has 0 radical (unpaired) electrons. The lowest BCUT2D eigenvalue weighted by Crippen LogP contribution is -2.31. The van der Waals surface area contributed by atoms with Crippen molar-refractivity contribution in [3.63, 3.8) is 0 Å². The zero-order valence-electron chi connectivity index (χ0n) is 13.3. The number of benzene rings is 1. The van der Waals surface area contributed by atoms with Crippen LogP contribution in [0.3, 0.4) is 0 Å². The summed E-state index contributed by atoms with van der Waals surface area (Å²) in [4.78, 5) is 14.2. The maximum absolute atomic E-state index is 12.0. The number of likely N-dealkylation sites (N-methyl/N-ethyl adjacent to an activating group) is 1. The Hall–Kier alpha value is -1.59. The van der Waals surface area contributed by atoms with E-state index < -0.39 is 0 Å². The van der Waals surface area contributed by atoms with Crippen molar-refractivity contribution < 1.29 is 9.53 Å². The largest absolute Gasteiger partial charge is 0.398 e. The average molecular weight is 293 g/mol. The Kier molecular flexibility index (Phi) is 7.79. The van der Waals surface area contributed by atoms with Crippen LogP contribution in [0, 0.1) is 6.92 Å². The van der Waals surface area contributed by atoms with E-state index in [0.717, 1.165) is 37.5 Å². The first-order valence-electron chi connectivity index (χ1n) is 7.53. The Bertz CT molecular complexity index is 449. The second kappa shape index (κ2) is 9.37. The topological polar surface area (TPSA) is 67.6 Å². The molecular weight excluding hydrogens is 266 g/mol. The van der Waals surface area contributed by atoms with Gasteiger partial charge in [0.2, 0.25) is 5.91 Å². The van der Waals surface area contributed by atoms with Gasteiger partial charge in [-0.05, 0) is 38.1 Å². The van der Waals surface area contributed by atoms with Gasteiger partial charge in [-0.1, -0.05) is 13.0 Å². The van der Waals surface area contributed by atoms with E-state index in [9.17, 15) is 4.79 Å². The summed E-state index contributed by atoms with van der Waals surface area (Å²) >= 11 is 0. The van der Waals surface area contributed by atoms with Gasteiger partial charge in [0.25, 0.3) is 0 Å². The number of ether oxygens (including phenoxy) is 1. The second-order valence-electron chi connectivity index (χ2n) is 4.95. The molecule has 0 fully saturated rings. The third kappa shape index (κ3) is 6.14. The molecule has 118 valence electrons. The standard InChI is InChI=1S/C16H27N3O2/c1-4-19(11-12-21-5-2)10-9-16(20)18-15-8-6-7-14(17)13(15)3/h6-8H,4-5,9-12,17H2,1-3H3,(H,18,20). The van der Waals surface area contributed by atoms with Crippen LogP contribution in [0.15, 0.2) is 18.2 Å². The second-order valence-corrected chi connectivity index (χ2v) is 4.95. The molecule has 21 heavy (non-hydrogen) atoms. The molecule has 5 nitrogen and oxygen atoms in total.